The Labute approximate surface area is 237 Å². The van der Waals surface area contributed by atoms with Crippen LogP contribution >= 0.6 is 0 Å². The highest BCUT2D eigenvalue weighted by Crippen LogP contribution is 2.25. The summed E-state index contributed by atoms with van der Waals surface area (Å²) in [6, 6.07) is 23.1. The number of para-hydroxylation sites is 1. The second-order valence-electron chi connectivity index (χ2n) is 10.1. The van der Waals surface area contributed by atoms with E-state index in [1.807, 2.05) is 18.2 Å². The molecule has 1 saturated carbocycles. The number of nitrogens with zero attached hydrogens (tertiary/aromatic N) is 2. The molecule has 0 saturated heterocycles. The molecular weight excluding hydrogens is 526 g/mol. The number of anilines is 1. The first-order valence-corrected chi connectivity index (χ1v) is 15.1. The number of ether oxygens (including phenoxy) is 1. The van der Waals surface area contributed by atoms with E-state index >= 15 is 0 Å². The summed E-state index contributed by atoms with van der Waals surface area (Å²) in [7, 11) is -2.51. The Morgan fingerprint density at radius 1 is 0.925 bits per heavy atom. The number of benzene rings is 3. The van der Waals surface area contributed by atoms with Crippen molar-refractivity contribution in [2.45, 2.75) is 62.6 Å². The van der Waals surface area contributed by atoms with E-state index in [-0.39, 0.29) is 23.4 Å². The van der Waals surface area contributed by atoms with Crippen LogP contribution in [0.4, 0.5) is 5.69 Å². The molecule has 0 spiro atoms. The lowest BCUT2D eigenvalue weighted by atomic mass is 9.95. The van der Waals surface area contributed by atoms with Gasteiger partial charge in [-0.2, -0.15) is 0 Å². The zero-order chi connectivity index (χ0) is 28.5. The van der Waals surface area contributed by atoms with E-state index in [0.717, 1.165) is 42.0 Å². The summed E-state index contributed by atoms with van der Waals surface area (Å²) < 4.78 is 34.0. The Kier molecular flexibility index (Phi) is 9.82. The molecule has 1 fully saturated rings. The summed E-state index contributed by atoms with van der Waals surface area (Å²) >= 11 is 0. The molecule has 1 atom stereocenters. The second-order valence-corrected chi connectivity index (χ2v) is 11.9. The predicted molar refractivity (Wildman–Crippen MR) is 155 cm³/mol. The smallest absolute Gasteiger partial charge is 0.264 e. The first-order chi connectivity index (χ1) is 19.3. The lowest BCUT2D eigenvalue weighted by Crippen LogP contribution is -2.53. The summed E-state index contributed by atoms with van der Waals surface area (Å²) in [5.74, 6) is -0.112. The van der Waals surface area contributed by atoms with Crippen molar-refractivity contribution >= 4 is 27.5 Å². The van der Waals surface area contributed by atoms with Gasteiger partial charge in [0.2, 0.25) is 11.8 Å². The van der Waals surface area contributed by atoms with Crippen LogP contribution < -0.4 is 14.4 Å². The van der Waals surface area contributed by atoms with Gasteiger partial charge in [-0.3, -0.25) is 13.9 Å². The number of carbonyl (C=O) groups excluding carboxylic acids is 2. The molecule has 4 rings (SSSR count). The molecule has 0 unspecified atom stereocenters. The topological polar surface area (TPSA) is 96.0 Å². The minimum Gasteiger partial charge on any atom is -0.497 e. The highest BCUT2D eigenvalue weighted by Gasteiger charge is 2.33. The summed E-state index contributed by atoms with van der Waals surface area (Å²) in [4.78, 5) is 28.9. The standard InChI is InChI=1S/C31H37N3O5S/c1-24(31(36)32-26-14-6-3-7-15-26)33(22-25-13-12-18-28(21-25)39-2)30(35)23-34(27-16-8-4-9-17-27)40(37,38)29-19-10-5-11-20-29/h4-5,8-13,16-21,24,26H,3,6-7,14-15,22-23H2,1-2H3,(H,32,36)/t24-/m0/s1. The molecule has 0 aliphatic heterocycles. The van der Waals surface area contributed by atoms with E-state index in [2.05, 4.69) is 5.32 Å². The molecule has 3 aromatic carbocycles. The lowest BCUT2D eigenvalue weighted by Gasteiger charge is -2.33. The van der Waals surface area contributed by atoms with E-state index in [1.54, 1.807) is 68.6 Å². The quantitative estimate of drug-likeness (QED) is 0.363. The molecule has 9 heteroatoms. The third kappa shape index (κ3) is 7.21. The number of carbonyl (C=O) groups is 2. The Bertz CT molecular complexity index is 1380. The fourth-order valence-corrected chi connectivity index (χ4v) is 6.40. The average molecular weight is 564 g/mol. The highest BCUT2D eigenvalue weighted by atomic mass is 32.2. The predicted octanol–water partition coefficient (Wildman–Crippen LogP) is 4.76. The van der Waals surface area contributed by atoms with Crippen molar-refractivity contribution in [1.29, 1.82) is 0 Å². The molecule has 1 aliphatic carbocycles. The summed E-state index contributed by atoms with van der Waals surface area (Å²) in [6.45, 7) is 1.34. The van der Waals surface area contributed by atoms with Crippen molar-refractivity contribution in [3.05, 3.63) is 90.5 Å². The van der Waals surface area contributed by atoms with Gasteiger partial charge in [0.05, 0.1) is 17.7 Å². The molecule has 2 amide bonds. The van der Waals surface area contributed by atoms with Crippen molar-refractivity contribution in [2.75, 3.05) is 18.0 Å². The lowest BCUT2D eigenvalue weighted by molar-refractivity contribution is -0.139. The number of amides is 2. The third-order valence-corrected chi connectivity index (χ3v) is 9.05. The molecule has 1 aliphatic rings. The average Bonchev–Trinajstić information content (AvgIpc) is 2.99. The monoisotopic (exact) mass is 563 g/mol. The zero-order valence-corrected chi connectivity index (χ0v) is 23.8. The van der Waals surface area contributed by atoms with Gasteiger partial charge >= 0.3 is 0 Å². The summed E-state index contributed by atoms with van der Waals surface area (Å²) in [6.07, 6.45) is 5.12. The zero-order valence-electron chi connectivity index (χ0n) is 23.0. The SMILES string of the molecule is COc1cccc(CN(C(=O)CN(c2ccccc2)S(=O)(=O)c2ccccc2)[C@@H](C)C(=O)NC2CCCCC2)c1. The number of sulfonamides is 1. The Morgan fingerprint density at radius 2 is 1.57 bits per heavy atom. The number of rotatable bonds is 11. The third-order valence-electron chi connectivity index (χ3n) is 7.26. The molecule has 40 heavy (non-hydrogen) atoms. The van der Waals surface area contributed by atoms with E-state index in [1.165, 1.54) is 17.0 Å². The first-order valence-electron chi connectivity index (χ1n) is 13.6. The van der Waals surface area contributed by atoms with E-state index in [4.69, 9.17) is 4.74 Å². The van der Waals surface area contributed by atoms with Gasteiger partial charge < -0.3 is 15.0 Å². The molecule has 0 aromatic heterocycles. The minimum atomic E-state index is -4.07. The molecule has 8 nitrogen and oxygen atoms in total. The molecule has 0 bridgehead atoms. The second kappa shape index (κ2) is 13.5. The molecular formula is C31H37N3O5S. The summed E-state index contributed by atoms with van der Waals surface area (Å²) in [5, 5.41) is 3.11. The van der Waals surface area contributed by atoms with Crippen molar-refractivity contribution in [1.82, 2.24) is 10.2 Å². The van der Waals surface area contributed by atoms with Crippen LogP contribution in [0.5, 0.6) is 5.75 Å². The number of hydrogen-bond donors (Lipinski definition) is 1. The Balaban J connectivity index is 1.65. The van der Waals surface area contributed by atoms with Crippen LogP contribution in [0.25, 0.3) is 0 Å². The van der Waals surface area contributed by atoms with E-state index < -0.39 is 28.5 Å². The van der Waals surface area contributed by atoms with Gasteiger partial charge in [-0.1, -0.05) is 67.8 Å². The fourth-order valence-electron chi connectivity index (χ4n) is 4.96. The van der Waals surface area contributed by atoms with Gasteiger partial charge in [-0.15, -0.1) is 0 Å². The van der Waals surface area contributed by atoms with Crippen molar-refractivity contribution in [2.24, 2.45) is 0 Å². The fraction of sp³-hybridized carbons (Fsp3) is 0.355. The van der Waals surface area contributed by atoms with Crippen LogP contribution in [0.3, 0.4) is 0 Å². The summed E-state index contributed by atoms with van der Waals surface area (Å²) in [5.41, 5.74) is 1.13. The molecule has 212 valence electrons. The largest absolute Gasteiger partial charge is 0.497 e. The van der Waals surface area contributed by atoms with Gasteiger partial charge in [0, 0.05) is 12.6 Å². The van der Waals surface area contributed by atoms with Gasteiger partial charge in [-0.25, -0.2) is 8.42 Å². The van der Waals surface area contributed by atoms with Crippen LogP contribution in [0, 0.1) is 0 Å². The molecule has 0 heterocycles. The van der Waals surface area contributed by atoms with Crippen LogP contribution in [0.2, 0.25) is 0 Å². The van der Waals surface area contributed by atoms with Crippen LogP contribution in [-0.4, -0.2) is 50.9 Å². The molecule has 1 N–H and O–H groups in total. The highest BCUT2D eigenvalue weighted by molar-refractivity contribution is 7.92. The van der Waals surface area contributed by atoms with Gasteiger partial charge in [0.25, 0.3) is 10.0 Å². The van der Waals surface area contributed by atoms with E-state index in [9.17, 15) is 18.0 Å². The van der Waals surface area contributed by atoms with Gasteiger partial charge in [-0.05, 0) is 61.7 Å². The van der Waals surface area contributed by atoms with Gasteiger partial charge in [0.1, 0.15) is 18.3 Å². The van der Waals surface area contributed by atoms with Crippen LogP contribution in [0.1, 0.15) is 44.6 Å². The first kappa shape index (κ1) is 29.1. The maximum absolute atomic E-state index is 14.0. The minimum absolute atomic E-state index is 0.0779. The number of hydrogen-bond acceptors (Lipinski definition) is 5. The maximum Gasteiger partial charge on any atom is 0.264 e. The number of methoxy groups -OCH3 is 1. The van der Waals surface area contributed by atoms with Gasteiger partial charge in [0.15, 0.2) is 0 Å². The van der Waals surface area contributed by atoms with Crippen molar-refractivity contribution < 1.29 is 22.7 Å². The number of nitrogens with one attached hydrogen (secondary N) is 1. The van der Waals surface area contributed by atoms with E-state index in [0.29, 0.717) is 11.4 Å². The van der Waals surface area contributed by atoms with Crippen LogP contribution in [0.15, 0.2) is 89.8 Å². The molecule has 3 aromatic rings. The normalized spacial score (nSPS) is 14.7. The Morgan fingerprint density at radius 3 is 2.23 bits per heavy atom. The maximum atomic E-state index is 14.0. The van der Waals surface area contributed by atoms with Crippen LogP contribution in [-0.2, 0) is 26.2 Å². The van der Waals surface area contributed by atoms with Crippen molar-refractivity contribution in [3.63, 3.8) is 0 Å². The molecule has 0 radical (unpaired) electrons. The van der Waals surface area contributed by atoms with Crippen molar-refractivity contribution in [3.8, 4) is 5.75 Å². The Hall–Kier alpha value is -3.85.